The van der Waals surface area contributed by atoms with Crippen LogP contribution in [0.2, 0.25) is 0 Å². The number of carbonyl (C=O) groups excluding carboxylic acids is 2. The Morgan fingerprint density at radius 1 is 1.11 bits per heavy atom. The standard InChI is InChI=1S/C15H22N2O2/c1-12-6-3-4-7-14(12)8-9-15(19)17-11-5-10-16-13(2)18/h3-4,6-7H,5,8-11H2,1-2H3,(H,16,18)(H,17,19). The topological polar surface area (TPSA) is 58.2 Å². The molecule has 0 aliphatic heterocycles. The minimum atomic E-state index is -0.0362. The summed E-state index contributed by atoms with van der Waals surface area (Å²) in [6.45, 7) is 4.75. The number of carbonyl (C=O) groups is 2. The predicted octanol–water partition coefficient (Wildman–Crippen LogP) is 1.57. The summed E-state index contributed by atoms with van der Waals surface area (Å²) in [7, 11) is 0. The monoisotopic (exact) mass is 262 g/mol. The fourth-order valence-electron chi connectivity index (χ4n) is 1.81. The van der Waals surface area contributed by atoms with E-state index >= 15 is 0 Å². The number of aryl methyl sites for hydroxylation is 2. The highest BCUT2D eigenvalue weighted by Crippen LogP contribution is 2.09. The lowest BCUT2D eigenvalue weighted by Crippen LogP contribution is -2.28. The van der Waals surface area contributed by atoms with Gasteiger partial charge in [-0.25, -0.2) is 0 Å². The zero-order valence-electron chi connectivity index (χ0n) is 11.7. The molecule has 2 amide bonds. The van der Waals surface area contributed by atoms with Crippen LogP contribution < -0.4 is 10.6 Å². The van der Waals surface area contributed by atoms with E-state index in [2.05, 4.69) is 29.7 Å². The van der Waals surface area contributed by atoms with E-state index in [0.29, 0.717) is 19.5 Å². The Morgan fingerprint density at radius 2 is 1.79 bits per heavy atom. The maximum absolute atomic E-state index is 11.6. The minimum Gasteiger partial charge on any atom is -0.356 e. The molecule has 0 atom stereocenters. The van der Waals surface area contributed by atoms with Crippen LogP contribution in [0.3, 0.4) is 0 Å². The lowest BCUT2D eigenvalue weighted by Gasteiger charge is -2.07. The molecule has 4 nitrogen and oxygen atoms in total. The average Bonchev–Trinajstić information content (AvgIpc) is 2.37. The third kappa shape index (κ3) is 6.60. The van der Waals surface area contributed by atoms with Crippen LogP contribution >= 0.6 is 0 Å². The van der Waals surface area contributed by atoms with Crippen molar-refractivity contribution in [3.63, 3.8) is 0 Å². The van der Waals surface area contributed by atoms with Crippen molar-refractivity contribution < 1.29 is 9.59 Å². The van der Waals surface area contributed by atoms with Crippen LogP contribution in [0.25, 0.3) is 0 Å². The van der Waals surface area contributed by atoms with Gasteiger partial charge in [0.1, 0.15) is 0 Å². The summed E-state index contributed by atoms with van der Waals surface area (Å²) in [5, 5.41) is 5.55. The second-order valence-electron chi connectivity index (χ2n) is 4.61. The van der Waals surface area contributed by atoms with Gasteiger partial charge in [-0.2, -0.15) is 0 Å². The van der Waals surface area contributed by atoms with Gasteiger partial charge < -0.3 is 10.6 Å². The van der Waals surface area contributed by atoms with Crippen molar-refractivity contribution in [2.75, 3.05) is 13.1 Å². The van der Waals surface area contributed by atoms with E-state index in [1.807, 2.05) is 12.1 Å². The molecule has 0 aromatic heterocycles. The highest BCUT2D eigenvalue weighted by molar-refractivity contribution is 5.76. The molecule has 0 radical (unpaired) electrons. The molecule has 0 spiro atoms. The zero-order chi connectivity index (χ0) is 14.1. The summed E-state index contributed by atoms with van der Waals surface area (Å²) in [4.78, 5) is 22.3. The van der Waals surface area contributed by atoms with E-state index < -0.39 is 0 Å². The summed E-state index contributed by atoms with van der Waals surface area (Å²) in [5.41, 5.74) is 2.44. The number of nitrogens with one attached hydrogen (secondary N) is 2. The Labute approximate surface area is 114 Å². The van der Waals surface area contributed by atoms with E-state index in [0.717, 1.165) is 12.8 Å². The molecule has 0 fully saturated rings. The van der Waals surface area contributed by atoms with Gasteiger partial charge in [0.15, 0.2) is 0 Å². The van der Waals surface area contributed by atoms with Crippen LogP contribution in [0.4, 0.5) is 0 Å². The normalized spacial score (nSPS) is 10.0. The Morgan fingerprint density at radius 3 is 2.47 bits per heavy atom. The maximum Gasteiger partial charge on any atom is 0.220 e. The molecule has 0 bridgehead atoms. The van der Waals surface area contributed by atoms with Crippen LogP contribution in [0.5, 0.6) is 0 Å². The van der Waals surface area contributed by atoms with Gasteiger partial charge in [0.05, 0.1) is 0 Å². The van der Waals surface area contributed by atoms with Crippen molar-refractivity contribution in [1.29, 1.82) is 0 Å². The summed E-state index contributed by atoms with van der Waals surface area (Å²) in [6.07, 6.45) is 2.03. The first-order chi connectivity index (χ1) is 9.09. The largest absolute Gasteiger partial charge is 0.356 e. The molecule has 104 valence electrons. The summed E-state index contributed by atoms with van der Waals surface area (Å²) < 4.78 is 0. The Hall–Kier alpha value is -1.84. The van der Waals surface area contributed by atoms with E-state index in [4.69, 9.17) is 0 Å². The Bertz CT molecular complexity index is 430. The molecule has 0 aliphatic rings. The molecular weight excluding hydrogens is 240 g/mol. The van der Waals surface area contributed by atoms with Crippen molar-refractivity contribution in [2.24, 2.45) is 0 Å². The van der Waals surface area contributed by atoms with Crippen molar-refractivity contribution >= 4 is 11.8 Å². The van der Waals surface area contributed by atoms with Gasteiger partial charge in [0.2, 0.25) is 11.8 Å². The van der Waals surface area contributed by atoms with Gasteiger partial charge in [-0.05, 0) is 30.9 Å². The number of benzene rings is 1. The molecule has 0 saturated heterocycles. The lowest BCUT2D eigenvalue weighted by molar-refractivity contribution is -0.121. The van der Waals surface area contributed by atoms with Crippen LogP contribution in [0.1, 0.15) is 30.9 Å². The van der Waals surface area contributed by atoms with Gasteiger partial charge in [0.25, 0.3) is 0 Å². The number of rotatable bonds is 7. The molecule has 0 unspecified atom stereocenters. The van der Waals surface area contributed by atoms with E-state index in [1.54, 1.807) is 0 Å². The highest BCUT2D eigenvalue weighted by Gasteiger charge is 2.03. The van der Waals surface area contributed by atoms with Crippen LogP contribution in [0, 0.1) is 6.92 Å². The molecule has 0 aliphatic carbocycles. The van der Waals surface area contributed by atoms with E-state index in [9.17, 15) is 9.59 Å². The fraction of sp³-hybridized carbons (Fsp3) is 0.467. The molecule has 4 heteroatoms. The summed E-state index contributed by atoms with van der Waals surface area (Å²) in [6, 6.07) is 8.11. The van der Waals surface area contributed by atoms with Crippen LogP contribution in [-0.4, -0.2) is 24.9 Å². The number of hydrogen-bond acceptors (Lipinski definition) is 2. The van der Waals surface area contributed by atoms with Crippen LogP contribution in [-0.2, 0) is 16.0 Å². The SMILES string of the molecule is CC(=O)NCCCNC(=O)CCc1ccccc1C. The molecule has 0 heterocycles. The first kappa shape index (κ1) is 15.2. The van der Waals surface area contributed by atoms with Gasteiger partial charge in [-0.15, -0.1) is 0 Å². The third-order valence-electron chi connectivity index (χ3n) is 2.93. The van der Waals surface area contributed by atoms with Crippen molar-refractivity contribution in [3.05, 3.63) is 35.4 Å². The van der Waals surface area contributed by atoms with Gasteiger partial charge >= 0.3 is 0 Å². The zero-order valence-corrected chi connectivity index (χ0v) is 11.7. The molecule has 1 aromatic rings. The average molecular weight is 262 g/mol. The van der Waals surface area contributed by atoms with Crippen LogP contribution in [0.15, 0.2) is 24.3 Å². The highest BCUT2D eigenvalue weighted by atomic mass is 16.2. The predicted molar refractivity (Wildman–Crippen MR) is 75.8 cm³/mol. The van der Waals surface area contributed by atoms with E-state index in [-0.39, 0.29) is 11.8 Å². The lowest BCUT2D eigenvalue weighted by atomic mass is 10.0. The first-order valence-corrected chi connectivity index (χ1v) is 6.65. The molecule has 2 N–H and O–H groups in total. The van der Waals surface area contributed by atoms with Gasteiger partial charge in [-0.1, -0.05) is 24.3 Å². The number of hydrogen-bond donors (Lipinski definition) is 2. The second-order valence-corrected chi connectivity index (χ2v) is 4.61. The summed E-state index contributed by atoms with van der Waals surface area (Å²) >= 11 is 0. The Kier molecular flexibility index (Phi) is 6.64. The van der Waals surface area contributed by atoms with Crippen molar-refractivity contribution in [1.82, 2.24) is 10.6 Å². The minimum absolute atomic E-state index is 0.0362. The van der Waals surface area contributed by atoms with E-state index in [1.165, 1.54) is 18.1 Å². The maximum atomic E-state index is 11.6. The molecule has 1 aromatic carbocycles. The fourth-order valence-corrected chi connectivity index (χ4v) is 1.81. The summed E-state index contributed by atoms with van der Waals surface area (Å²) in [5.74, 6) is 0.0250. The molecule has 0 saturated carbocycles. The Balaban J connectivity index is 2.15. The number of amides is 2. The molecule has 1 rings (SSSR count). The third-order valence-corrected chi connectivity index (χ3v) is 2.93. The van der Waals surface area contributed by atoms with Crippen molar-refractivity contribution in [3.8, 4) is 0 Å². The molecular formula is C15H22N2O2. The van der Waals surface area contributed by atoms with Gasteiger partial charge in [-0.3, -0.25) is 9.59 Å². The van der Waals surface area contributed by atoms with Gasteiger partial charge in [0, 0.05) is 26.4 Å². The van der Waals surface area contributed by atoms with Crippen molar-refractivity contribution in [2.45, 2.75) is 33.1 Å². The quantitative estimate of drug-likeness (QED) is 0.733. The first-order valence-electron chi connectivity index (χ1n) is 6.65. The smallest absolute Gasteiger partial charge is 0.220 e. The molecule has 19 heavy (non-hydrogen) atoms. The second kappa shape index (κ2) is 8.29.